The molecule has 0 bridgehead atoms. The summed E-state index contributed by atoms with van der Waals surface area (Å²) in [6.07, 6.45) is 3.37. The Kier molecular flexibility index (Phi) is 5.28. The molecule has 176 valence electrons. The van der Waals surface area contributed by atoms with Gasteiger partial charge < -0.3 is 24.5 Å². The van der Waals surface area contributed by atoms with Crippen LogP contribution in [0.25, 0.3) is 16.5 Å². The van der Waals surface area contributed by atoms with Crippen LogP contribution in [0.2, 0.25) is 0 Å². The Morgan fingerprint density at radius 2 is 2.06 bits per heavy atom. The molecule has 2 atom stereocenters. The van der Waals surface area contributed by atoms with Crippen LogP contribution in [0, 0.1) is 13.8 Å². The van der Waals surface area contributed by atoms with Crippen molar-refractivity contribution in [1.29, 1.82) is 0 Å². The number of aliphatic hydroxyl groups excluding tert-OH is 1. The number of furan rings is 1. The molecule has 4 heterocycles. The van der Waals surface area contributed by atoms with E-state index >= 15 is 0 Å². The number of carbonyl (C=O) groups excluding carboxylic acids is 2. The Morgan fingerprint density at radius 1 is 1.26 bits per heavy atom. The summed E-state index contributed by atoms with van der Waals surface area (Å²) in [5, 5.41) is 17.8. The van der Waals surface area contributed by atoms with Gasteiger partial charge in [-0.15, -0.1) is 0 Å². The average molecular weight is 463 g/mol. The number of rotatable bonds is 4. The molecule has 0 saturated carbocycles. The molecule has 0 spiro atoms. The molecule has 1 fully saturated rings. The molecule has 5 rings (SSSR count). The lowest BCUT2D eigenvalue weighted by atomic mass is 10.1. The lowest BCUT2D eigenvalue weighted by molar-refractivity contribution is 0.0666. The van der Waals surface area contributed by atoms with Crippen molar-refractivity contribution >= 4 is 28.3 Å². The van der Waals surface area contributed by atoms with Gasteiger partial charge in [0.15, 0.2) is 5.75 Å². The van der Waals surface area contributed by atoms with Gasteiger partial charge in [0.1, 0.15) is 22.6 Å². The van der Waals surface area contributed by atoms with E-state index in [1.54, 1.807) is 60.0 Å². The van der Waals surface area contributed by atoms with Crippen molar-refractivity contribution in [3.8, 4) is 11.5 Å². The van der Waals surface area contributed by atoms with Gasteiger partial charge in [-0.25, -0.2) is 4.52 Å². The van der Waals surface area contributed by atoms with Crippen LogP contribution in [-0.2, 0) is 0 Å². The summed E-state index contributed by atoms with van der Waals surface area (Å²) in [5.41, 5.74) is 3.00. The number of likely N-dealkylation sites (tertiary alicyclic amines) is 1. The molecule has 4 aromatic rings. The third-order valence-corrected chi connectivity index (χ3v) is 6.62. The van der Waals surface area contributed by atoms with E-state index in [0.29, 0.717) is 57.8 Å². The van der Waals surface area contributed by atoms with E-state index in [2.05, 4.69) is 10.4 Å². The van der Waals surface area contributed by atoms with E-state index in [1.165, 1.54) is 0 Å². The largest absolute Gasteiger partial charge is 0.460 e. The second-order valence-electron chi connectivity index (χ2n) is 8.62. The van der Waals surface area contributed by atoms with Gasteiger partial charge in [0.2, 0.25) is 0 Å². The van der Waals surface area contributed by atoms with Crippen molar-refractivity contribution in [2.45, 2.75) is 39.3 Å². The number of nitrogens with zero attached hydrogens (tertiary/aromatic N) is 3. The zero-order valence-corrected chi connectivity index (χ0v) is 19.5. The minimum atomic E-state index is -0.512. The maximum absolute atomic E-state index is 13.2. The number of ether oxygens (including phenoxy) is 1. The fourth-order valence-electron chi connectivity index (χ4n) is 4.68. The summed E-state index contributed by atoms with van der Waals surface area (Å²) < 4.78 is 13.6. The Morgan fingerprint density at radius 3 is 2.76 bits per heavy atom. The van der Waals surface area contributed by atoms with Gasteiger partial charge in [0.25, 0.3) is 11.8 Å². The molecule has 1 aliphatic rings. The molecule has 2 N–H and O–H groups in total. The van der Waals surface area contributed by atoms with Crippen molar-refractivity contribution in [2.75, 3.05) is 13.6 Å². The van der Waals surface area contributed by atoms with Gasteiger partial charge in [0.05, 0.1) is 29.5 Å². The molecule has 34 heavy (non-hydrogen) atoms. The van der Waals surface area contributed by atoms with Gasteiger partial charge in [-0.1, -0.05) is 0 Å². The quantitative estimate of drug-likeness (QED) is 0.481. The Hall–Kier alpha value is -3.85. The maximum Gasteiger partial charge on any atom is 0.256 e. The fraction of sp³-hybridized carbons (Fsp3) is 0.320. The number of amides is 2. The van der Waals surface area contributed by atoms with Crippen molar-refractivity contribution in [3.63, 3.8) is 0 Å². The van der Waals surface area contributed by atoms with Gasteiger partial charge in [0, 0.05) is 37.3 Å². The fourth-order valence-corrected chi connectivity index (χ4v) is 4.68. The summed E-state index contributed by atoms with van der Waals surface area (Å²) in [4.78, 5) is 27.1. The minimum Gasteiger partial charge on any atom is -0.460 e. The van der Waals surface area contributed by atoms with E-state index in [0.717, 1.165) is 5.56 Å². The lowest BCUT2D eigenvalue weighted by Gasteiger charge is -2.22. The van der Waals surface area contributed by atoms with E-state index in [-0.39, 0.29) is 17.9 Å². The smallest absolute Gasteiger partial charge is 0.256 e. The topological polar surface area (TPSA) is 109 Å². The number of benzene rings is 1. The average Bonchev–Trinajstić information content (AvgIpc) is 3.45. The summed E-state index contributed by atoms with van der Waals surface area (Å²) in [6.45, 7) is 5.99. The Balaban J connectivity index is 1.51. The molecule has 3 aromatic heterocycles. The second-order valence-corrected chi connectivity index (χ2v) is 8.62. The molecule has 0 radical (unpaired) electrons. The van der Waals surface area contributed by atoms with Gasteiger partial charge in [-0.05, 0) is 44.9 Å². The molecular weight excluding hydrogens is 436 g/mol. The molecule has 1 aliphatic heterocycles. The van der Waals surface area contributed by atoms with Crippen molar-refractivity contribution in [3.05, 3.63) is 59.1 Å². The van der Waals surface area contributed by atoms with Crippen LogP contribution in [0.1, 0.15) is 45.4 Å². The third-order valence-electron chi connectivity index (χ3n) is 6.62. The highest BCUT2D eigenvalue weighted by Crippen LogP contribution is 2.34. The standard InChI is InChI=1S/C25H26N4O5/c1-13-18(25(32)28-10-8-19(30)14(28)2)12-29-23(13)20(7-9-27-29)34-16-5-6-17-21(11-16)33-15(3)22(17)24(31)26-4/h5-7,9,11-12,14,19,30H,8,10H2,1-4H3,(H,26,31)/t14-,19-/m0/s1. The summed E-state index contributed by atoms with van der Waals surface area (Å²) >= 11 is 0. The zero-order valence-electron chi connectivity index (χ0n) is 19.5. The second kappa shape index (κ2) is 8.18. The number of aromatic nitrogens is 2. The normalized spacial score (nSPS) is 18.1. The number of fused-ring (bicyclic) bond motifs is 2. The van der Waals surface area contributed by atoms with Crippen molar-refractivity contribution < 1.29 is 23.8 Å². The first-order valence-electron chi connectivity index (χ1n) is 11.2. The van der Waals surface area contributed by atoms with Crippen LogP contribution in [0.15, 0.2) is 41.1 Å². The first-order valence-corrected chi connectivity index (χ1v) is 11.2. The molecular formula is C25H26N4O5. The third kappa shape index (κ3) is 3.40. The Labute approximate surface area is 195 Å². The highest BCUT2D eigenvalue weighted by molar-refractivity contribution is 6.07. The zero-order chi connectivity index (χ0) is 24.1. The monoisotopic (exact) mass is 462 g/mol. The van der Waals surface area contributed by atoms with Crippen molar-refractivity contribution in [2.24, 2.45) is 0 Å². The summed E-state index contributed by atoms with van der Waals surface area (Å²) in [6, 6.07) is 6.82. The van der Waals surface area contributed by atoms with E-state index in [1.807, 2.05) is 13.8 Å². The predicted molar refractivity (Wildman–Crippen MR) is 125 cm³/mol. The van der Waals surface area contributed by atoms with Crippen LogP contribution in [0.5, 0.6) is 11.5 Å². The lowest BCUT2D eigenvalue weighted by Crippen LogP contribution is -2.37. The first kappa shape index (κ1) is 22.0. The summed E-state index contributed by atoms with van der Waals surface area (Å²) in [7, 11) is 1.58. The van der Waals surface area contributed by atoms with Crippen LogP contribution in [-0.4, -0.2) is 57.2 Å². The van der Waals surface area contributed by atoms with Crippen LogP contribution >= 0.6 is 0 Å². The SMILES string of the molecule is CNC(=O)c1c(C)oc2cc(Oc3ccnn4cc(C(=O)N5CC[C@H](O)[C@@H]5C)c(C)c34)ccc12. The van der Waals surface area contributed by atoms with Gasteiger partial charge >= 0.3 is 0 Å². The van der Waals surface area contributed by atoms with Crippen LogP contribution < -0.4 is 10.1 Å². The number of hydrogen-bond donors (Lipinski definition) is 2. The minimum absolute atomic E-state index is 0.132. The van der Waals surface area contributed by atoms with E-state index in [9.17, 15) is 14.7 Å². The number of hydrogen-bond acceptors (Lipinski definition) is 6. The molecule has 9 nitrogen and oxygen atoms in total. The highest BCUT2D eigenvalue weighted by atomic mass is 16.5. The van der Waals surface area contributed by atoms with Crippen molar-refractivity contribution in [1.82, 2.24) is 19.8 Å². The highest BCUT2D eigenvalue weighted by Gasteiger charge is 2.34. The molecule has 9 heteroatoms. The summed E-state index contributed by atoms with van der Waals surface area (Å²) in [5.74, 6) is 1.26. The van der Waals surface area contributed by atoms with Gasteiger partial charge in [-0.2, -0.15) is 5.10 Å². The predicted octanol–water partition coefficient (Wildman–Crippen LogP) is 3.44. The van der Waals surface area contributed by atoms with Crippen LogP contribution in [0.4, 0.5) is 0 Å². The molecule has 1 saturated heterocycles. The molecule has 0 unspecified atom stereocenters. The Bertz CT molecular complexity index is 1440. The first-order chi connectivity index (χ1) is 16.3. The van der Waals surface area contributed by atoms with Crippen LogP contribution in [0.3, 0.4) is 0 Å². The number of aryl methyl sites for hydroxylation is 2. The number of aliphatic hydroxyl groups is 1. The molecule has 2 amide bonds. The number of carbonyl (C=O) groups is 2. The maximum atomic E-state index is 13.2. The van der Waals surface area contributed by atoms with E-state index in [4.69, 9.17) is 9.15 Å². The number of nitrogens with one attached hydrogen (secondary N) is 1. The van der Waals surface area contributed by atoms with Gasteiger partial charge in [-0.3, -0.25) is 9.59 Å². The molecule has 1 aromatic carbocycles. The van der Waals surface area contributed by atoms with E-state index < -0.39 is 6.10 Å². The molecule has 0 aliphatic carbocycles.